The fourth-order valence-corrected chi connectivity index (χ4v) is 2.71. The van der Waals surface area contributed by atoms with Crippen molar-refractivity contribution in [2.45, 2.75) is 25.7 Å². The van der Waals surface area contributed by atoms with E-state index in [9.17, 15) is 9.59 Å². The van der Waals surface area contributed by atoms with Crippen LogP contribution in [0.2, 0.25) is 0 Å². The quantitative estimate of drug-likeness (QED) is 0.942. The Morgan fingerprint density at radius 3 is 2.61 bits per heavy atom. The van der Waals surface area contributed by atoms with E-state index in [0.29, 0.717) is 11.5 Å². The maximum atomic E-state index is 12.6. The van der Waals surface area contributed by atoms with Gasteiger partial charge in [-0.3, -0.25) is 14.3 Å². The van der Waals surface area contributed by atoms with E-state index in [4.69, 9.17) is 4.42 Å². The van der Waals surface area contributed by atoms with Crippen molar-refractivity contribution >= 4 is 17.6 Å². The molecule has 0 bridgehead atoms. The molecular weight excluding hydrogens is 296 g/mol. The Kier molecular flexibility index (Phi) is 4.45. The molecule has 3 heterocycles. The number of carbonyl (C=O) groups excluding carboxylic acids is 2. The molecule has 0 aromatic carbocycles. The number of aryl methyl sites for hydroxylation is 1. The number of anilines is 1. The highest BCUT2D eigenvalue weighted by molar-refractivity contribution is 6.02. The van der Waals surface area contributed by atoms with E-state index >= 15 is 0 Å². The number of hydrogen-bond donors (Lipinski definition) is 1. The van der Waals surface area contributed by atoms with Crippen molar-refractivity contribution in [3.05, 3.63) is 35.9 Å². The van der Waals surface area contributed by atoms with Gasteiger partial charge in [0.05, 0.1) is 6.26 Å². The van der Waals surface area contributed by atoms with Gasteiger partial charge >= 0.3 is 0 Å². The SMILES string of the molecule is Cn1nc(C(=O)N2CCCCCC2)cc1NC(=O)c1ccco1. The number of furan rings is 1. The number of hydrogen-bond acceptors (Lipinski definition) is 4. The number of amides is 2. The topological polar surface area (TPSA) is 80.4 Å². The Hall–Kier alpha value is -2.57. The van der Waals surface area contributed by atoms with E-state index in [1.54, 1.807) is 25.2 Å². The molecule has 1 saturated heterocycles. The second-order valence-corrected chi connectivity index (χ2v) is 5.68. The standard InChI is InChI=1S/C16H20N4O3/c1-19-14(17-15(21)13-7-6-10-23-13)11-12(18-19)16(22)20-8-4-2-3-5-9-20/h6-7,10-11H,2-5,8-9H2,1H3,(H,17,21). The first-order valence-corrected chi connectivity index (χ1v) is 7.83. The molecule has 0 spiro atoms. The summed E-state index contributed by atoms with van der Waals surface area (Å²) in [6.07, 6.45) is 5.82. The van der Waals surface area contributed by atoms with Crippen LogP contribution < -0.4 is 5.32 Å². The number of rotatable bonds is 3. The van der Waals surface area contributed by atoms with Crippen molar-refractivity contribution in [1.29, 1.82) is 0 Å². The first-order valence-electron chi connectivity index (χ1n) is 7.83. The van der Waals surface area contributed by atoms with Crippen LogP contribution in [0.4, 0.5) is 5.82 Å². The van der Waals surface area contributed by atoms with E-state index in [0.717, 1.165) is 38.8 Å². The van der Waals surface area contributed by atoms with Crippen LogP contribution in [0.15, 0.2) is 28.9 Å². The third-order valence-corrected chi connectivity index (χ3v) is 3.98. The minimum Gasteiger partial charge on any atom is -0.459 e. The summed E-state index contributed by atoms with van der Waals surface area (Å²) >= 11 is 0. The van der Waals surface area contributed by atoms with Gasteiger partial charge in [-0.25, -0.2) is 0 Å². The van der Waals surface area contributed by atoms with Crippen LogP contribution >= 0.6 is 0 Å². The van der Waals surface area contributed by atoms with E-state index in [-0.39, 0.29) is 17.6 Å². The number of likely N-dealkylation sites (tertiary alicyclic amines) is 1. The smallest absolute Gasteiger partial charge is 0.292 e. The zero-order valence-electron chi connectivity index (χ0n) is 13.1. The molecule has 2 amide bonds. The molecule has 7 nitrogen and oxygen atoms in total. The van der Waals surface area contributed by atoms with Crippen molar-refractivity contribution in [3.8, 4) is 0 Å². The monoisotopic (exact) mass is 316 g/mol. The van der Waals surface area contributed by atoms with Crippen LogP contribution in [-0.2, 0) is 7.05 Å². The van der Waals surface area contributed by atoms with Crippen LogP contribution in [0.3, 0.4) is 0 Å². The molecule has 0 radical (unpaired) electrons. The third-order valence-electron chi connectivity index (χ3n) is 3.98. The highest BCUT2D eigenvalue weighted by atomic mass is 16.3. The Labute approximate surface area is 134 Å². The van der Waals surface area contributed by atoms with Gasteiger partial charge in [-0.2, -0.15) is 5.10 Å². The molecule has 1 aliphatic heterocycles. The zero-order valence-corrected chi connectivity index (χ0v) is 13.1. The van der Waals surface area contributed by atoms with E-state index in [1.807, 2.05) is 4.90 Å². The summed E-state index contributed by atoms with van der Waals surface area (Å²) in [5.74, 6) is 0.226. The normalized spacial score (nSPS) is 15.3. The molecule has 0 atom stereocenters. The van der Waals surface area contributed by atoms with E-state index < -0.39 is 0 Å². The Morgan fingerprint density at radius 1 is 1.22 bits per heavy atom. The molecule has 122 valence electrons. The van der Waals surface area contributed by atoms with Crippen LogP contribution in [0.1, 0.15) is 46.7 Å². The van der Waals surface area contributed by atoms with E-state index in [2.05, 4.69) is 10.4 Å². The summed E-state index contributed by atoms with van der Waals surface area (Å²) < 4.78 is 6.55. The largest absolute Gasteiger partial charge is 0.459 e. The maximum absolute atomic E-state index is 12.6. The second kappa shape index (κ2) is 6.68. The van der Waals surface area contributed by atoms with Gasteiger partial charge in [-0.1, -0.05) is 12.8 Å². The number of nitrogens with zero attached hydrogens (tertiary/aromatic N) is 3. The van der Waals surface area contributed by atoms with Crippen molar-refractivity contribution in [2.24, 2.45) is 7.05 Å². The zero-order chi connectivity index (χ0) is 16.2. The second-order valence-electron chi connectivity index (χ2n) is 5.68. The van der Waals surface area contributed by atoms with Crippen molar-refractivity contribution in [3.63, 3.8) is 0 Å². The lowest BCUT2D eigenvalue weighted by molar-refractivity contribution is 0.0754. The number of aromatic nitrogens is 2. The lowest BCUT2D eigenvalue weighted by Gasteiger charge is -2.18. The third kappa shape index (κ3) is 3.44. The van der Waals surface area contributed by atoms with Crippen LogP contribution in [0.5, 0.6) is 0 Å². The fraction of sp³-hybridized carbons (Fsp3) is 0.438. The molecule has 0 unspecified atom stereocenters. The summed E-state index contributed by atoms with van der Waals surface area (Å²) in [4.78, 5) is 26.4. The van der Waals surface area contributed by atoms with Crippen molar-refractivity contribution < 1.29 is 14.0 Å². The van der Waals surface area contributed by atoms with Crippen LogP contribution in [-0.4, -0.2) is 39.6 Å². The molecule has 23 heavy (non-hydrogen) atoms. The average molecular weight is 316 g/mol. The molecule has 1 aliphatic rings. The van der Waals surface area contributed by atoms with E-state index in [1.165, 1.54) is 10.9 Å². The highest BCUT2D eigenvalue weighted by Gasteiger charge is 2.21. The molecule has 1 fully saturated rings. The van der Waals surface area contributed by atoms with Gasteiger partial charge in [0.25, 0.3) is 11.8 Å². The lowest BCUT2D eigenvalue weighted by Crippen LogP contribution is -2.32. The van der Waals surface area contributed by atoms with Gasteiger partial charge in [0.15, 0.2) is 11.5 Å². The van der Waals surface area contributed by atoms with Gasteiger partial charge in [0, 0.05) is 26.2 Å². The van der Waals surface area contributed by atoms with Gasteiger partial charge in [-0.15, -0.1) is 0 Å². The van der Waals surface area contributed by atoms with Crippen LogP contribution in [0, 0.1) is 0 Å². The average Bonchev–Trinajstić information content (AvgIpc) is 3.11. The first kappa shape index (κ1) is 15.3. The molecular formula is C16H20N4O3. The van der Waals surface area contributed by atoms with Gasteiger partial charge < -0.3 is 14.6 Å². The predicted octanol–water partition coefficient (Wildman–Crippen LogP) is 2.28. The summed E-state index contributed by atoms with van der Waals surface area (Å²) in [6, 6.07) is 4.83. The Balaban J connectivity index is 1.72. The number of nitrogens with one attached hydrogen (secondary N) is 1. The first-order chi connectivity index (χ1) is 11.1. The van der Waals surface area contributed by atoms with Crippen molar-refractivity contribution in [1.82, 2.24) is 14.7 Å². The lowest BCUT2D eigenvalue weighted by atomic mass is 10.2. The Bertz CT molecular complexity index is 682. The van der Waals surface area contributed by atoms with Crippen molar-refractivity contribution in [2.75, 3.05) is 18.4 Å². The Morgan fingerprint density at radius 2 is 1.96 bits per heavy atom. The minimum absolute atomic E-state index is 0.0824. The summed E-state index contributed by atoms with van der Waals surface area (Å²) in [6.45, 7) is 1.53. The molecule has 0 aliphatic carbocycles. The summed E-state index contributed by atoms with van der Waals surface area (Å²) in [7, 11) is 1.69. The summed E-state index contributed by atoms with van der Waals surface area (Å²) in [5, 5.41) is 6.93. The summed E-state index contributed by atoms with van der Waals surface area (Å²) in [5.41, 5.74) is 0.351. The molecule has 2 aromatic heterocycles. The van der Waals surface area contributed by atoms with Gasteiger partial charge in [0.1, 0.15) is 5.82 Å². The fourth-order valence-electron chi connectivity index (χ4n) is 2.71. The maximum Gasteiger partial charge on any atom is 0.292 e. The van der Waals surface area contributed by atoms with Gasteiger partial charge in [0.2, 0.25) is 0 Å². The predicted molar refractivity (Wildman–Crippen MR) is 84.2 cm³/mol. The molecule has 2 aromatic rings. The minimum atomic E-state index is -0.369. The molecule has 7 heteroatoms. The molecule has 0 saturated carbocycles. The number of carbonyl (C=O) groups is 2. The molecule has 1 N–H and O–H groups in total. The molecule has 3 rings (SSSR count). The highest BCUT2D eigenvalue weighted by Crippen LogP contribution is 2.16. The van der Waals surface area contributed by atoms with Crippen LogP contribution in [0.25, 0.3) is 0 Å². The van der Waals surface area contributed by atoms with Gasteiger partial charge in [-0.05, 0) is 25.0 Å².